The van der Waals surface area contributed by atoms with Crippen molar-refractivity contribution in [3.63, 3.8) is 0 Å². The summed E-state index contributed by atoms with van der Waals surface area (Å²) >= 11 is 0. The lowest BCUT2D eigenvalue weighted by Gasteiger charge is -2.27. The van der Waals surface area contributed by atoms with Gasteiger partial charge in [0.2, 0.25) is 0 Å². The van der Waals surface area contributed by atoms with Crippen LogP contribution in [-0.4, -0.2) is 62.6 Å². The SMILES string of the molecule is O=C(Nc1ccc(-n2cnnn2)cc1)c1ccc(N2CCOCC2)nn1. The van der Waals surface area contributed by atoms with Crippen LogP contribution in [0.2, 0.25) is 0 Å². The molecule has 10 heteroatoms. The van der Waals surface area contributed by atoms with Gasteiger partial charge >= 0.3 is 0 Å². The normalized spacial score (nSPS) is 14.2. The van der Waals surface area contributed by atoms with Crippen molar-refractivity contribution in [2.24, 2.45) is 0 Å². The van der Waals surface area contributed by atoms with Gasteiger partial charge in [-0.25, -0.2) is 4.68 Å². The third-order valence-corrected chi connectivity index (χ3v) is 3.96. The quantitative estimate of drug-likeness (QED) is 0.724. The van der Waals surface area contributed by atoms with Gasteiger partial charge in [0, 0.05) is 18.8 Å². The summed E-state index contributed by atoms with van der Waals surface area (Å²) in [5.41, 5.74) is 1.69. The molecule has 3 aromatic rings. The predicted molar refractivity (Wildman–Crippen MR) is 92.2 cm³/mol. The minimum Gasteiger partial charge on any atom is -0.378 e. The number of carbonyl (C=O) groups excluding carboxylic acids is 1. The van der Waals surface area contributed by atoms with Gasteiger partial charge in [-0.3, -0.25) is 4.79 Å². The van der Waals surface area contributed by atoms with Crippen LogP contribution >= 0.6 is 0 Å². The van der Waals surface area contributed by atoms with Gasteiger partial charge in [0.05, 0.1) is 18.9 Å². The number of carbonyl (C=O) groups is 1. The molecule has 1 aliphatic heterocycles. The Morgan fingerprint density at radius 1 is 1.04 bits per heavy atom. The lowest BCUT2D eigenvalue weighted by molar-refractivity contribution is 0.102. The fourth-order valence-corrected chi connectivity index (χ4v) is 2.58. The number of benzene rings is 1. The van der Waals surface area contributed by atoms with Gasteiger partial charge in [-0.15, -0.1) is 15.3 Å². The highest BCUT2D eigenvalue weighted by atomic mass is 16.5. The number of hydrogen-bond donors (Lipinski definition) is 1. The minimum atomic E-state index is -0.318. The third-order valence-electron chi connectivity index (χ3n) is 3.96. The summed E-state index contributed by atoms with van der Waals surface area (Å²) in [4.78, 5) is 14.4. The number of rotatable bonds is 4. The van der Waals surface area contributed by atoms with Gasteiger partial charge in [-0.2, -0.15) is 0 Å². The Labute approximate surface area is 148 Å². The highest BCUT2D eigenvalue weighted by Crippen LogP contribution is 2.14. The Morgan fingerprint density at radius 2 is 1.85 bits per heavy atom. The lowest BCUT2D eigenvalue weighted by Crippen LogP contribution is -2.37. The molecule has 2 aromatic heterocycles. The summed E-state index contributed by atoms with van der Waals surface area (Å²) in [5, 5.41) is 22.0. The van der Waals surface area contributed by atoms with Crippen LogP contribution in [0.5, 0.6) is 0 Å². The Hall–Kier alpha value is -3.40. The number of morpholine rings is 1. The Bertz CT molecular complexity index is 858. The molecule has 10 nitrogen and oxygen atoms in total. The number of nitrogens with one attached hydrogen (secondary N) is 1. The highest BCUT2D eigenvalue weighted by Gasteiger charge is 2.14. The zero-order valence-electron chi connectivity index (χ0n) is 13.8. The van der Waals surface area contributed by atoms with Crippen LogP contribution < -0.4 is 10.2 Å². The number of ether oxygens (including phenoxy) is 1. The standard InChI is InChI=1S/C16H16N8O2/c25-16(14-5-6-15(20-19-14)23-7-9-26-10-8-23)18-12-1-3-13(4-2-12)24-11-17-21-22-24/h1-6,11H,7-10H2,(H,18,25). The molecule has 0 radical (unpaired) electrons. The van der Waals surface area contributed by atoms with Gasteiger partial charge in [0.15, 0.2) is 11.5 Å². The molecule has 0 spiro atoms. The second kappa shape index (κ2) is 7.23. The number of anilines is 2. The van der Waals surface area contributed by atoms with E-state index in [1.165, 1.54) is 11.0 Å². The van der Waals surface area contributed by atoms with E-state index in [0.717, 1.165) is 24.6 Å². The number of amides is 1. The molecule has 1 amide bonds. The van der Waals surface area contributed by atoms with Gasteiger partial charge < -0.3 is 15.0 Å². The van der Waals surface area contributed by atoms with Gasteiger partial charge in [0.1, 0.15) is 6.33 Å². The largest absolute Gasteiger partial charge is 0.378 e. The molecular weight excluding hydrogens is 336 g/mol. The summed E-state index contributed by atoms with van der Waals surface area (Å²) in [6.07, 6.45) is 1.50. The molecule has 1 aromatic carbocycles. The number of tetrazole rings is 1. The zero-order chi connectivity index (χ0) is 17.8. The summed E-state index contributed by atoms with van der Waals surface area (Å²) in [6, 6.07) is 10.6. The van der Waals surface area contributed by atoms with Crippen LogP contribution in [0.25, 0.3) is 5.69 Å². The van der Waals surface area contributed by atoms with E-state index in [0.29, 0.717) is 18.9 Å². The molecule has 132 valence electrons. The summed E-state index contributed by atoms with van der Waals surface area (Å²) in [6.45, 7) is 2.89. The van der Waals surface area contributed by atoms with E-state index in [9.17, 15) is 4.79 Å². The molecular formula is C16H16N8O2. The second-order valence-electron chi connectivity index (χ2n) is 5.63. The van der Waals surface area contributed by atoms with E-state index in [4.69, 9.17) is 4.74 Å². The fourth-order valence-electron chi connectivity index (χ4n) is 2.58. The molecule has 26 heavy (non-hydrogen) atoms. The van der Waals surface area contributed by atoms with Crippen LogP contribution in [0.4, 0.5) is 11.5 Å². The highest BCUT2D eigenvalue weighted by molar-refractivity contribution is 6.02. The molecule has 1 aliphatic rings. The first kappa shape index (κ1) is 16.1. The van der Waals surface area contributed by atoms with E-state index in [2.05, 4.69) is 35.9 Å². The zero-order valence-corrected chi connectivity index (χ0v) is 13.8. The van der Waals surface area contributed by atoms with Crippen molar-refractivity contribution < 1.29 is 9.53 Å². The molecule has 0 unspecified atom stereocenters. The van der Waals surface area contributed by atoms with E-state index >= 15 is 0 Å². The van der Waals surface area contributed by atoms with Crippen LogP contribution in [-0.2, 0) is 4.74 Å². The van der Waals surface area contributed by atoms with Crippen molar-refractivity contribution in [1.29, 1.82) is 0 Å². The minimum absolute atomic E-state index is 0.256. The monoisotopic (exact) mass is 352 g/mol. The summed E-state index contributed by atoms with van der Waals surface area (Å²) in [7, 11) is 0. The Morgan fingerprint density at radius 3 is 2.50 bits per heavy atom. The molecule has 0 aliphatic carbocycles. The topological polar surface area (TPSA) is 111 Å². The first-order valence-electron chi connectivity index (χ1n) is 8.11. The molecule has 1 saturated heterocycles. The smallest absolute Gasteiger partial charge is 0.276 e. The van der Waals surface area contributed by atoms with Crippen molar-refractivity contribution in [1.82, 2.24) is 30.4 Å². The van der Waals surface area contributed by atoms with Crippen LogP contribution in [0, 0.1) is 0 Å². The first-order valence-corrected chi connectivity index (χ1v) is 8.11. The van der Waals surface area contributed by atoms with E-state index in [-0.39, 0.29) is 11.6 Å². The van der Waals surface area contributed by atoms with Gasteiger partial charge in [-0.05, 0) is 46.8 Å². The van der Waals surface area contributed by atoms with Crippen LogP contribution in [0.3, 0.4) is 0 Å². The molecule has 1 N–H and O–H groups in total. The van der Waals surface area contributed by atoms with Gasteiger partial charge in [-0.1, -0.05) is 0 Å². The molecule has 3 heterocycles. The second-order valence-corrected chi connectivity index (χ2v) is 5.63. The molecule has 0 bridgehead atoms. The van der Waals surface area contributed by atoms with Crippen molar-refractivity contribution in [3.05, 3.63) is 48.4 Å². The Kier molecular flexibility index (Phi) is 4.48. The molecule has 1 fully saturated rings. The van der Waals surface area contributed by atoms with Crippen LogP contribution in [0.1, 0.15) is 10.5 Å². The third kappa shape index (κ3) is 3.49. The fraction of sp³-hybridized carbons (Fsp3) is 0.250. The average Bonchev–Trinajstić information content (AvgIpc) is 3.24. The number of nitrogens with zero attached hydrogens (tertiary/aromatic N) is 7. The van der Waals surface area contributed by atoms with Crippen molar-refractivity contribution in [2.45, 2.75) is 0 Å². The summed E-state index contributed by atoms with van der Waals surface area (Å²) in [5.74, 6) is 0.428. The predicted octanol–water partition coefficient (Wildman–Crippen LogP) is 0.541. The maximum absolute atomic E-state index is 12.3. The molecule has 0 saturated carbocycles. The first-order chi connectivity index (χ1) is 12.8. The molecule has 0 atom stereocenters. The van der Waals surface area contributed by atoms with Crippen LogP contribution in [0.15, 0.2) is 42.7 Å². The maximum Gasteiger partial charge on any atom is 0.276 e. The van der Waals surface area contributed by atoms with E-state index < -0.39 is 0 Å². The number of hydrogen-bond acceptors (Lipinski definition) is 8. The van der Waals surface area contributed by atoms with Crippen molar-refractivity contribution >= 4 is 17.4 Å². The summed E-state index contributed by atoms with van der Waals surface area (Å²) < 4.78 is 6.84. The van der Waals surface area contributed by atoms with E-state index in [1.54, 1.807) is 36.4 Å². The van der Waals surface area contributed by atoms with E-state index in [1.807, 2.05) is 0 Å². The van der Waals surface area contributed by atoms with Crippen molar-refractivity contribution in [2.75, 3.05) is 36.5 Å². The number of aromatic nitrogens is 6. The van der Waals surface area contributed by atoms with Crippen molar-refractivity contribution in [3.8, 4) is 5.69 Å². The lowest BCUT2D eigenvalue weighted by atomic mass is 10.2. The maximum atomic E-state index is 12.3. The average molecular weight is 352 g/mol. The molecule has 4 rings (SSSR count). The Balaban J connectivity index is 1.41. The van der Waals surface area contributed by atoms with Gasteiger partial charge in [0.25, 0.3) is 5.91 Å².